The Hall–Kier alpha value is -1.16. The molecule has 0 radical (unpaired) electrons. The van der Waals surface area contributed by atoms with Crippen LogP contribution in [0.2, 0.25) is 0 Å². The van der Waals surface area contributed by atoms with Crippen LogP contribution in [0.1, 0.15) is 20.8 Å². The van der Waals surface area contributed by atoms with Crippen molar-refractivity contribution in [2.75, 3.05) is 6.54 Å². The second-order valence-corrected chi connectivity index (χ2v) is 4.07. The summed E-state index contributed by atoms with van der Waals surface area (Å²) in [4.78, 5) is 0. The van der Waals surface area contributed by atoms with Gasteiger partial charge in [-0.15, -0.1) is 0 Å². The molecule has 0 aliphatic carbocycles. The van der Waals surface area contributed by atoms with E-state index in [9.17, 15) is 8.78 Å². The molecule has 1 rings (SSSR count). The van der Waals surface area contributed by atoms with Crippen molar-refractivity contribution in [3.8, 4) is 5.75 Å². The molecule has 1 atom stereocenters. The summed E-state index contributed by atoms with van der Waals surface area (Å²) in [5, 5.41) is 3.16. The third-order valence-electron chi connectivity index (χ3n) is 2.03. The average Bonchev–Trinajstić information content (AvgIpc) is 2.20. The fourth-order valence-corrected chi connectivity index (χ4v) is 1.23. The van der Waals surface area contributed by atoms with Gasteiger partial charge in [-0.1, -0.05) is 13.8 Å². The topological polar surface area (TPSA) is 21.3 Å². The van der Waals surface area contributed by atoms with Crippen LogP contribution in [0.3, 0.4) is 0 Å². The van der Waals surface area contributed by atoms with E-state index in [2.05, 4.69) is 5.32 Å². The highest BCUT2D eigenvalue weighted by molar-refractivity contribution is 5.25. The van der Waals surface area contributed by atoms with Gasteiger partial charge in [-0.05, 0) is 19.1 Å². The lowest BCUT2D eigenvalue weighted by molar-refractivity contribution is 0.203. The molecule has 0 heterocycles. The van der Waals surface area contributed by atoms with Gasteiger partial charge in [0.25, 0.3) is 0 Å². The van der Waals surface area contributed by atoms with Gasteiger partial charge in [-0.25, -0.2) is 8.78 Å². The van der Waals surface area contributed by atoms with E-state index in [-0.39, 0.29) is 11.9 Å². The molecule has 0 spiro atoms. The predicted molar refractivity (Wildman–Crippen MR) is 59.6 cm³/mol. The second-order valence-electron chi connectivity index (χ2n) is 4.07. The lowest BCUT2D eigenvalue weighted by Crippen LogP contribution is -2.33. The predicted octanol–water partition coefficient (Wildman–Crippen LogP) is 2.73. The Morgan fingerprint density at radius 3 is 2.56 bits per heavy atom. The Balaban J connectivity index is 2.55. The Bertz CT molecular complexity index is 342. The molecule has 1 aromatic carbocycles. The molecule has 90 valence electrons. The Labute approximate surface area is 94.6 Å². The molecule has 1 N–H and O–H groups in total. The summed E-state index contributed by atoms with van der Waals surface area (Å²) in [7, 11) is 0. The van der Waals surface area contributed by atoms with E-state index in [1.165, 1.54) is 0 Å². The molecule has 1 aromatic rings. The highest BCUT2D eigenvalue weighted by Gasteiger charge is 2.09. The highest BCUT2D eigenvalue weighted by atomic mass is 19.1. The molecule has 1 unspecified atom stereocenters. The minimum atomic E-state index is -0.544. The largest absolute Gasteiger partial charge is 0.486 e. The second kappa shape index (κ2) is 5.80. The van der Waals surface area contributed by atoms with Crippen molar-refractivity contribution < 1.29 is 13.5 Å². The summed E-state index contributed by atoms with van der Waals surface area (Å²) >= 11 is 0. The number of rotatable bonds is 5. The minimum Gasteiger partial charge on any atom is -0.486 e. The van der Waals surface area contributed by atoms with E-state index in [0.29, 0.717) is 12.6 Å². The summed E-state index contributed by atoms with van der Waals surface area (Å²) < 4.78 is 31.4. The first-order valence-electron chi connectivity index (χ1n) is 5.34. The van der Waals surface area contributed by atoms with Gasteiger partial charge in [0.2, 0.25) is 0 Å². The van der Waals surface area contributed by atoms with Gasteiger partial charge in [0.15, 0.2) is 11.6 Å². The van der Waals surface area contributed by atoms with Crippen molar-refractivity contribution >= 4 is 0 Å². The Morgan fingerprint density at radius 1 is 1.25 bits per heavy atom. The van der Waals surface area contributed by atoms with E-state index < -0.39 is 11.6 Å². The number of hydrogen-bond donors (Lipinski definition) is 1. The third-order valence-corrected chi connectivity index (χ3v) is 2.03. The first kappa shape index (κ1) is 12.9. The van der Waals surface area contributed by atoms with E-state index >= 15 is 0 Å². The fraction of sp³-hybridized carbons (Fsp3) is 0.500. The van der Waals surface area contributed by atoms with Crippen molar-refractivity contribution in [3.63, 3.8) is 0 Å². The normalized spacial score (nSPS) is 12.9. The van der Waals surface area contributed by atoms with E-state index in [1.807, 2.05) is 13.8 Å². The molecule has 0 bridgehead atoms. The lowest BCUT2D eigenvalue weighted by atomic mass is 10.3. The molecular formula is C12H17F2NO. The Morgan fingerprint density at radius 2 is 1.94 bits per heavy atom. The highest BCUT2D eigenvalue weighted by Crippen LogP contribution is 2.19. The number of benzene rings is 1. The third kappa shape index (κ3) is 4.14. The average molecular weight is 229 g/mol. The number of halogens is 2. The molecule has 0 saturated carbocycles. The van der Waals surface area contributed by atoms with Crippen LogP contribution in [0.15, 0.2) is 18.2 Å². The summed E-state index contributed by atoms with van der Waals surface area (Å²) in [6.45, 7) is 6.42. The van der Waals surface area contributed by atoms with Gasteiger partial charge >= 0.3 is 0 Å². The molecule has 0 aliphatic rings. The van der Waals surface area contributed by atoms with Crippen molar-refractivity contribution in [2.24, 2.45) is 0 Å². The maximum Gasteiger partial charge on any atom is 0.165 e. The molecular weight excluding hydrogens is 212 g/mol. The maximum atomic E-state index is 13.2. The first-order valence-corrected chi connectivity index (χ1v) is 5.34. The molecule has 16 heavy (non-hydrogen) atoms. The van der Waals surface area contributed by atoms with E-state index in [0.717, 1.165) is 18.2 Å². The van der Waals surface area contributed by atoms with Crippen LogP contribution in [-0.2, 0) is 0 Å². The summed E-state index contributed by atoms with van der Waals surface area (Å²) in [5.41, 5.74) is 0. The molecule has 0 aliphatic heterocycles. The number of hydrogen-bond acceptors (Lipinski definition) is 2. The fourth-order valence-electron chi connectivity index (χ4n) is 1.23. The van der Waals surface area contributed by atoms with Crippen molar-refractivity contribution in [3.05, 3.63) is 29.8 Å². The molecule has 0 saturated heterocycles. The smallest absolute Gasteiger partial charge is 0.165 e. The van der Waals surface area contributed by atoms with Crippen molar-refractivity contribution in [1.29, 1.82) is 0 Å². The summed E-state index contributed by atoms with van der Waals surface area (Å²) in [6.07, 6.45) is -0.210. The number of nitrogens with one attached hydrogen (secondary N) is 1. The van der Waals surface area contributed by atoms with Crippen LogP contribution in [0.4, 0.5) is 8.78 Å². The van der Waals surface area contributed by atoms with Crippen molar-refractivity contribution in [1.82, 2.24) is 5.32 Å². The van der Waals surface area contributed by atoms with Gasteiger partial charge in [-0.2, -0.15) is 0 Å². The molecule has 0 fully saturated rings. The van der Waals surface area contributed by atoms with Gasteiger partial charge in [-0.3, -0.25) is 0 Å². The SMILES string of the molecule is CC(C)NCC(C)Oc1cc(F)ccc1F. The standard InChI is InChI=1S/C12H17F2NO/c1-8(2)15-7-9(3)16-12-6-10(13)4-5-11(12)14/h4-6,8-9,15H,7H2,1-3H3. The van der Waals surface area contributed by atoms with Gasteiger partial charge in [0.1, 0.15) is 11.9 Å². The van der Waals surface area contributed by atoms with Crippen LogP contribution in [0.25, 0.3) is 0 Å². The zero-order valence-electron chi connectivity index (χ0n) is 9.76. The molecule has 4 heteroatoms. The molecule has 2 nitrogen and oxygen atoms in total. The van der Waals surface area contributed by atoms with Gasteiger partial charge in [0.05, 0.1) is 0 Å². The summed E-state index contributed by atoms with van der Waals surface area (Å²) in [6, 6.07) is 3.52. The van der Waals surface area contributed by atoms with Gasteiger partial charge in [0, 0.05) is 18.7 Å². The van der Waals surface area contributed by atoms with Gasteiger partial charge < -0.3 is 10.1 Å². The van der Waals surface area contributed by atoms with Crippen LogP contribution in [0.5, 0.6) is 5.75 Å². The Kier molecular flexibility index (Phi) is 4.68. The summed E-state index contributed by atoms with van der Waals surface area (Å²) in [5.74, 6) is -1.09. The zero-order chi connectivity index (χ0) is 12.1. The van der Waals surface area contributed by atoms with E-state index in [1.54, 1.807) is 6.92 Å². The molecule has 0 amide bonds. The van der Waals surface area contributed by atoms with Crippen LogP contribution < -0.4 is 10.1 Å². The van der Waals surface area contributed by atoms with Crippen molar-refractivity contribution in [2.45, 2.75) is 32.9 Å². The van der Waals surface area contributed by atoms with Crippen LogP contribution in [0, 0.1) is 11.6 Å². The quantitative estimate of drug-likeness (QED) is 0.838. The monoisotopic (exact) mass is 229 g/mol. The zero-order valence-corrected chi connectivity index (χ0v) is 9.76. The van der Waals surface area contributed by atoms with Crippen LogP contribution in [-0.4, -0.2) is 18.7 Å². The number of ether oxygens (including phenoxy) is 1. The maximum absolute atomic E-state index is 13.2. The molecule has 0 aromatic heterocycles. The first-order chi connectivity index (χ1) is 7.49. The van der Waals surface area contributed by atoms with E-state index in [4.69, 9.17) is 4.74 Å². The van der Waals surface area contributed by atoms with Crippen LogP contribution >= 0.6 is 0 Å². The lowest BCUT2D eigenvalue weighted by Gasteiger charge is -2.17. The minimum absolute atomic E-state index is 0.0435.